The van der Waals surface area contributed by atoms with E-state index < -0.39 is 5.60 Å². The molecule has 10 heavy (non-hydrogen) atoms. The summed E-state index contributed by atoms with van der Waals surface area (Å²) in [4.78, 5) is 0. The van der Waals surface area contributed by atoms with E-state index >= 15 is 0 Å². The van der Waals surface area contributed by atoms with Crippen molar-refractivity contribution < 1.29 is 5.11 Å². The summed E-state index contributed by atoms with van der Waals surface area (Å²) in [6, 6.07) is 0. The van der Waals surface area contributed by atoms with Crippen molar-refractivity contribution in [2.45, 2.75) is 39.2 Å². The molecule has 2 N–H and O–H groups in total. The average molecular weight is 145 g/mol. The molecule has 0 saturated carbocycles. The van der Waals surface area contributed by atoms with Gasteiger partial charge in [0.15, 0.2) is 0 Å². The van der Waals surface area contributed by atoms with Gasteiger partial charge in [-0.3, -0.25) is 0 Å². The van der Waals surface area contributed by atoms with Crippen molar-refractivity contribution in [1.82, 2.24) is 5.32 Å². The zero-order valence-corrected chi connectivity index (χ0v) is 7.28. The van der Waals surface area contributed by atoms with Crippen molar-refractivity contribution in [1.29, 1.82) is 0 Å². The second kappa shape index (κ2) is 4.69. The Bertz CT molecular complexity index is 79.3. The van der Waals surface area contributed by atoms with Gasteiger partial charge in [-0.15, -0.1) is 0 Å². The molecule has 2 nitrogen and oxygen atoms in total. The largest absolute Gasteiger partial charge is 0.389 e. The van der Waals surface area contributed by atoms with Crippen LogP contribution >= 0.6 is 0 Å². The Morgan fingerprint density at radius 2 is 1.70 bits per heavy atom. The first-order valence-electron chi connectivity index (χ1n) is 4.11. The predicted molar refractivity (Wildman–Crippen MR) is 44.1 cm³/mol. The molecule has 0 aliphatic carbocycles. The summed E-state index contributed by atoms with van der Waals surface area (Å²) < 4.78 is 0. The SMILES string of the molecule is CCNCC(O)(CC)CC. The maximum atomic E-state index is 9.70. The second-order valence-corrected chi connectivity index (χ2v) is 2.71. The highest BCUT2D eigenvalue weighted by atomic mass is 16.3. The van der Waals surface area contributed by atoms with E-state index in [-0.39, 0.29) is 0 Å². The summed E-state index contributed by atoms with van der Waals surface area (Å²) >= 11 is 0. The van der Waals surface area contributed by atoms with Gasteiger partial charge < -0.3 is 10.4 Å². The van der Waals surface area contributed by atoms with Crippen LogP contribution in [0.5, 0.6) is 0 Å². The molecule has 0 aliphatic heterocycles. The topological polar surface area (TPSA) is 32.3 Å². The number of hydrogen-bond acceptors (Lipinski definition) is 2. The molecular formula is C8H19NO. The van der Waals surface area contributed by atoms with Crippen LogP contribution in [0.1, 0.15) is 33.6 Å². The first-order chi connectivity index (χ1) is 4.68. The van der Waals surface area contributed by atoms with Crippen LogP contribution in [0.2, 0.25) is 0 Å². The molecule has 0 aromatic heterocycles. The summed E-state index contributed by atoms with van der Waals surface area (Å²) in [6.07, 6.45) is 1.66. The molecular weight excluding hydrogens is 126 g/mol. The van der Waals surface area contributed by atoms with Crippen molar-refractivity contribution in [3.8, 4) is 0 Å². The molecule has 0 heterocycles. The van der Waals surface area contributed by atoms with Gasteiger partial charge in [0, 0.05) is 6.54 Å². The van der Waals surface area contributed by atoms with Crippen LogP contribution in [0, 0.1) is 0 Å². The first-order valence-corrected chi connectivity index (χ1v) is 4.11. The Morgan fingerprint density at radius 3 is 2.00 bits per heavy atom. The molecule has 2 heteroatoms. The highest BCUT2D eigenvalue weighted by Crippen LogP contribution is 2.12. The molecule has 0 bridgehead atoms. The van der Waals surface area contributed by atoms with E-state index in [0.717, 1.165) is 25.9 Å². The van der Waals surface area contributed by atoms with Gasteiger partial charge >= 0.3 is 0 Å². The average Bonchev–Trinajstić information content (AvgIpc) is 2.00. The van der Waals surface area contributed by atoms with Gasteiger partial charge in [-0.05, 0) is 19.4 Å². The first kappa shape index (κ1) is 9.92. The van der Waals surface area contributed by atoms with Gasteiger partial charge in [0.2, 0.25) is 0 Å². The fourth-order valence-electron chi connectivity index (χ4n) is 0.858. The van der Waals surface area contributed by atoms with Crippen molar-refractivity contribution >= 4 is 0 Å². The van der Waals surface area contributed by atoms with E-state index in [1.807, 2.05) is 20.8 Å². The molecule has 0 aromatic carbocycles. The van der Waals surface area contributed by atoms with E-state index in [1.165, 1.54) is 0 Å². The Hall–Kier alpha value is -0.0800. The van der Waals surface area contributed by atoms with Crippen LogP contribution in [0.15, 0.2) is 0 Å². The van der Waals surface area contributed by atoms with Gasteiger partial charge in [0.1, 0.15) is 0 Å². The molecule has 0 fully saturated rings. The Labute approximate surface area is 63.6 Å². The number of rotatable bonds is 5. The molecule has 0 unspecified atom stereocenters. The fourth-order valence-corrected chi connectivity index (χ4v) is 0.858. The third-order valence-corrected chi connectivity index (χ3v) is 2.02. The smallest absolute Gasteiger partial charge is 0.0766 e. The van der Waals surface area contributed by atoms with Crippen LogP contribution in [0.4, 0.5) is 0 Å². The number of aliphatic hydroxyl groups is 1. The second-order valence-electron chi connectivity index (χ2n) is 2.71. The van der Waals surface area contributed by atoms with Gasteiger partial charge in [-0.1, -0.05) is 20.8 Å². The quantitative estimate of drug-likeness (QED) is 0.608. The molecule has 62 valence electrons. The lowest BCUT2D eigenvalue weighted by atomic mass is 9.98. The van der Waals surface area contributed by atoms with E-state index in [1.54, 1.807) is 0 Å². The zero-order valence-electron chi connectivity index (χ0n) is 7.28. The third kappa shape index (κ3) is 3.18. The van der Waals surface area contributed by atoms with Crippen molar-refractivity contribution in [2.24, 2.45) is 0 Å². The molecule has 0 spiro atoms. The third-order valence-electron chi connectivity index (χ3n) is 2.02. The summed E-state index contributed by atoms with van der Waals surface area (Å²) in [5.74, 6) is 0. The van der Waals surface area contributed by atoms with Crippen LogP contribution in [0.25, 0.3) is 0 Å². The number of nitrogens with one attached hydrogen (secondary N) is 1. The lowest BCUT2D eigenvalue weighted by Crippen LogP contribution is -2.39. The van der Waals surface area contributed by atoms with Crippen molar-refractivity contribution in [2.75, 3.05) is 13.1 Å². The van der Waals surface area contributed by atoms with Gasteiger partial charge in [-0.2, -0.15) is 0 Å². The van der Waals surface area contributed by atoms with E-state index in [9.17, 15) is 5.11 Å². The summed E-state index contributed by atoms with van der Waals surface area (Å²) in [7, 11) is 0. The predicted octanol–water partition coefficient (Wildman–Crippen LogP) is 1.15. The minimum atomic E-state index is -0.476. The maximum absolute atomic E-state index is 9.70. The summed E-state index contributed by atoms with van der Waals surface area (Å²) in [6.45, 7) is 7.73. The molecule has 0 atom stereocenters. The lowest BCUT2D eigenvalue weighted by molar-refractivity contribution is 0.0331. The molecule has 0 amide bonds. The minimum Gasteiger partial charge on any atom is -0.389 e. The molecule has 0 aromatic rings. The van der Waals surface area contributed by atoms with E-state index in [0.29, 0.717) is 0 Å². The Balaban J connectivity index is 3.58. The van der Waals surface area contributed by atoms with Crippen molar-refractivity contribution in [3.63, 3.8) is 0 Å². The molecule has 0 saturated heterocycles. The van der Waals surface area contributed by atoms with Crippen LogP contribution in [-0.4, -0.2) is 23.8 Å². The van der Waals surface area contributed by atoms with Crippen molar-refractivity contribution in [3.05, 3.63) is 0 Å². The Morgan fingerprint density at radius 1 is 1.20 bits per heavy atom. The molecule has 0 rings (SSSR count). The summed E-state index contributed by atoms with van der Waals surface area (Å²) in [5, 5.41) is 12.8. The van der Waals surface area contributed by atoms with Gasteiger partial charge in [0.25, 0.3) is 0 Å². The van der Waals surface area contributed by atoms with Crippen LogP contribution in [-0.2, 0) is 0 Å². The lowest BCUT2D eigenvalue weighted by Gasteiger charge is -2.24. The Kier molecular flexibility index (Phi) is 4.65. The standard InChI is InChI=1S/C8H19NO/c1-4-8(10,5-2)7-9-6-3/h9-10H,4-7H2,1-3H3. The highest BCUT2D eigenvalue weighted by Gasteiger charge is 2.20. The molecule has 0 aliphatic rings. The van der Waals surface area contributed by atoms with Crippen LogP contribution < -0.4 is 5.32 Å². The fraction of sp³-hybridized carbons (Fsp3) is 1.00. The minimum absolute atomic E-state index is 0.476. The van der Waals surface area contributed by atoms with E-state index in [2.05, 4.69) is 5.32 Å². The van der Waals surface area contributed by atoms with Gasteiger partial charge in [0.05, 0.1) is 5.60 Å². The monoisotopic (exact) mass is 145 g/mol. The maximum Gasteiger partial charge on any atom is 0.0766 e. The number of likely N-dealkylation sites (N-methyl/N-ethyl adjacent to an activating group) is 1. The van der Waals surface area contributed by atoms with Gasteiger partial charge in [-0.25, -0.2) is 0 Å². The summed E-state index contributed by atoms with van der Waals surface area (Å²) in [5.41, 5.74) is -0.476. The zero-order chi connectivity index (χ0) is 8.04. The number of hydrogen-bond donors (Lipinski definition) is 2. The van der Waals surface area contributed by atoms with Crippen LogP contribution in [0.3, 0.4) is 0 Å². The van der Waals surface area contributed by atoms with E-state index in [4.69, 9.17) is 0 Å². The normalized spacial score (nSPS) is 12.0. The molecule has 0 radical (unpaired) electrons. The highest BCUT2D eigenvalue weighted by molar-refractivity contribution is 4.76.